The first-order valence-corrected chi connectivity index (χ1v) is 3.74. The van der Waals surface area contributed by atoms with Crippen LogP contribution in [0.15, 0.2) is 24.3 Å². The molecule has 0 spiro atoms. The average molecular weight is 160 g/mol. The van der Waals surface area contributed by atoms with Gasteiger partial charge in [0.1, 0.15) is 4.86 Å². The van der Waals surface area contributed by atoms with Crippen LogP contribution >= 0.6 is 0 Å². The third-order valence-electron chi connectivity index (χ3n) is 1.12. The van der Waals surface area contributed by atoms with Crippen molar-refractivity contribution in [1.82, 2.24) is 0 Å². The lowest BCUT2D eigenvalue weighted by Crippen LogP contribution is -2.13. The van der Waals surface area contributed by atoms with Gasteiger partial charge in [-0.15, -0.1) is 0 Å². The zero-order valence-corrected chi connectivity index (χ0v) is 5.81. The van der Waals surface area contributed by atoms with Gasteiger partial charge in [0.05, 0.1) is 0 Å². The molecule has 1 aliphatic carbocycles. The zero-order valence-electron chi connectivity index (χ0n) is 4.99. The fraction of sp³-hybridized carbons (Fsp3) is 0.167. The molecule has 1 atom stereocenters. The third kappa shape index (κ3) is 1.33. The largest absolute Gasteiger partial charge is 0.237 e. The summed E-state index contributed by atoms with van der Waals surface area (Å²) in [6.07, 6.45) is 3.92. The smallest absolute Gasteiger partial charge is 0.220 e. The van der Waals surface area contributed by atoms with Crippen LogP contribution in [-0.4, -0.2) is 19.5 Å². The Morgan fingerprint density at radius 3 is 2.50 bits per heavy atom. The van der Waals surface area contributed by atoms with Gasteiger partial charge in [-0.05, 0) is 12.2 Å². The summed E-state index contributed by atoms with van der Waals surface area (Å²) >= 11 is 0. The van der Waals surface area contributed by atoms with Crippen LogP contribution in [0.5, 0.6) is 0 Å². The molecule has 10 heavy (non-hydrogen) atoms. The van der Waals surface area contributed by atoms with Crippen molar-refractivity contribution in [3.8, 4) is 0 Å². The molecule has 0 aromatic heterocycles. The first-order chi connectivity index (χ1) is 4.72. The van der Waals surface area contributed by atoms with Crippen LogP contribution in [0.4, 0.5) is 4.39 Å². The number of halogens is 1. The highest BCUT2D eigenvalue weighted by molar-refractivity contribution is 7.73. The van der Waals surface area contributed by atoms with E-state index in [4.69, 9.17) is 0 Å². The van der Waals surface area contributed by atoms with Crippen molar-refractivity contribution in [3.05, 3.63) is 24.3 Å². The molecular weight excluding hydrogens is 155 g/mol. The zero-order chi connectivity index (χ0) is 7.56. The van der Waals surface area contributed by atoms with Crippen LogP contribution in [0.3, 0.4) is 0 Å². The van der Waals surface area contributed by atoms with Gasteiger partial charge in [-0.2, -0.15) is 8.42 Å². The summed E-state index contributed by atoms with van der Waals surface area (Å²) in [7, 11) is -2.43. The normalized spacial score (nSPS) is 23.3. The summed E-state index contributed by atoms with van der Waals surface area (Å²) in [6.45, 7) is 0. The summed E-state index contributed by atoms with van der Waals surface area (Å²) in [4.78, 5) is -0.206. The van der Waals surface area contributed by atoms with Gasteiger partial charge in [-0.1, -0.05) is 12.2 Å². The SMILES string of the molecule is O=S(=O)=C1C=CC=CC1F. The number of hydrogen-bond donors (Lipinski definition) is 0. The molecule has 0 aromatic rings. The van der Waals surface area contributed by atoms with E-state index in [0.717, 1.165) is 0 Å². The topological polar surface area (TPSA) is 34.1 Å². The molecule has 4 heteroatoms. The Kier molecular flexibility index (Phi) is 2.01. The van der Waals surface area contributed by atoms with Gasteiger partial charge in [0, 0.05) is 0 Å². The highest BCUT2D eigenvalue weighted by Gasteiger charge is 2.11. The Bertz CT molecular complexity index is 303. The van der Waals surface area contributed by atoms with Gasteiger partial charge in [0.25, 0.3) is 0 Å². The molecule has 0 N–H and O–H groups in total. The third-order valence-corrected chi connectivity index (χ3v) is 1.86. The summed E-state index contributed by atoms with van der Waals surface area (Å²) in [6, 6.07) is 0. The molecule has 0 saturated carbocycles. The molecule has 1 rings (SSSR count). The van der Waals surface area contributed by atoms with Gasteiger partial charge in [0.2, 0.25) is 10.3 Å². The lowest BCUT2D eigenvalue weighted by molar-refractivity contribution is 0.495. The Labute approximate surface area is 59.2 Å². The van der Waals surface area contributed by atoms with Gasteiger partial charge in [-0.25, -0.2) is 4.39 Å². The Morgan fingerprint density at radius 1 is 1.40 bits per heavy atom. The number of allylic oxidation sites excluding steroid dienone is 4. The number of hydrogen-bond acceptors (Lipinski definition) is 2. The molecular formula is C6H5FO2S. The van der Waals surface area contributed by atoms with E-state index in [9.17, 15) is 12.8 Å². The highest BCUT2D eigenvalue weighted by atomic mass is 32.2. The lowest BCUT2D eigenvalue weighted by Gasteiger charge is -2.00. The van der Waals surface area contributed by atoms with Crippen LogP contribution < -0.4 is 0 Å². The molecule has 0 saturated heterocycles. The molecule has 0 aromatic carbocycles. The summed E-state index contributed by atoms with van der Waals surface area (Å²) in [5, 5.41) is 0. The lowest BCUT2D eigenvalue weighted by atomic mass is 10.2. The molecule has 1 unspecified atom stereocenters. The van der Waals surface area contributed by atoms with Crippen molar-refractivity contribution in [1.29, 1.82) is 0 Å². The van der Waals surface area contributed by atoms with Crippen LogP contribution in [-0.2, 0) is 10.3 Å². The van der Waals surface area contributed by atoms with Gasteiger partial charge < -0.3 is 0 Å². The van der Waals surface area contributed by atoms with E-state index < -0.39 is 16.5 Å². The Balaban J connectivity index is 3.15. The minimum atomic E-state index is -2.43. The number of rotatable bonds is 0. The molecule has 0 heterocycles. The van der Waals surface area contributed by atoms with Crippen molar-refractivity contribution in [2.24, 2.45) is 0 Å². The maximum Gasteiger partial charge on any atom is 0.220 e. The maximum atomic E-state index is 12.5. The van der Waals surface area contributed by atoms with Crippen molar-refractivity contribution < 1.29 is 12.8 Å². The first-order valence-electron chi connectivity index (χ1n) is 2.67. The van der Waals surface area contributed by atoms with Crippen molar-refractivity contribution in [2.75, 3.05) is 0 Å². The standard InChI is InChI=1S/C6H5FO2S/c7-5-3-1-2-4-6(5)10(8)9/h1-5H. The monoisotopic (exact) mass is 160 g/mol. The predicted molar refractivity (Wildman–Crippen MR) is 37.1 cm³/mol. The summed E-state index contributed by atoms with van der Waals surface area (Å²) in [5.41, 5.74) is 0. The van der Waals surface area contributed by atoms with E-state index in [1.54, 1.807) is 0 Å². The van der Waals surface area contributed by atoms with E-state index in [-0.39, 0.29) is 4.86 Å². The van der Waals surface area contributed by atoms with Crippen LogP contribution in [0, 0.1) is 0 Å². The Morgan fingerprint density at radius 2 is 2.10 bits per heavy atom. The van der Waals surface area contributed by atoms with Crippen LogP contribution in [0.2, 0.25) is 0 Å². The van der Waals surface area contributed by atoms with Crippen molar-refractivity contribution in [2.45, 2.75) is 6.17 Å². The molecule has 0 aliphatic heterocycles. The quantitative estimate of drug-likeness (QED) is 0.483. The first kappa shape index (κ1) is 7.21. The van der Waals surface area contributed by atoms with Crippen LogP contribution in [0.1, 0.15) is 0 Å². The molecule has 0 bridgehead atoms. The molecule has 0 fully saturated rings. The van der Waals surface area contributed by atoms with E-state index in [1.807, 2.05) is 0 Å². The fourth-order valence-corrected chi connectivity index (χ4v) is 1.10. The van der Waals surface area contributed by atoms with Gasteiger partial charge in [0.15, 0.2) is 6.17 Å². The fourth-order valence-electron chi connectivity index (χ4n) is 0.646. The van der Waals surface area contributed by atoms with E-state index >= 15 is 0 Å². The Hall–Kier alpha value is -0.900. The number of alkyl halides is 1. The highest BCUT2D eigenvalue weighted by Crippen LogP contribution is 2.03. The van der Waals surface area contributed by atoms with Crippen LogP contribution in [0.25, 0.3) is 0 Å². The average Bonchev–Trinajstić information content (AvgIpc) is 1.88. The second-order valence-corrected chi connectivity index (χ2v) is 2.72. The molecule has 2 nitrogen and oxygen atoms in total. The van der Waals surface area contributed by atoms with Gasteiger partial charge in [-0.3, -0.25) is 0 Å². The van der Waals surface area contributed by atoms with Crippen molar-refractivity contribution >= 4 is 15.2 Å². The van der Waals surface area contributed by atoms with Crippen molar-refractivity contribution in [3.63, 3.8) is 0 Å². The molecule has 54 valence electrons. The van der Waals surface area contributed by atoms with E-state index in [0.29, 0.717) is 0 Å². The van der Waals surface area contributed by atoms with E-state index in [2.05, 4.69) is 0 Å². The predicted octanol–water partition coefficient (Wildman–Crippen LogP) is 0.502. The molecule has 1 aliphatic rings. The summed E-state index contributed by atoms with van der Waals surface area (Å²) in [5.74, 6) is 0. The minimum Gasteiger partial charge on any atom is -0.237 e. The maximum absolute atomic E-state index is 12.5. The second-order valence-electron chi connectivity index (χ2n) is 1.78. The van der Waals surface area contributed by atoms with Gasteiger partial charge >= 0.3 is 0 Å². The summed E-state index contributed by atoms with van der Waals surface area (Å²) < 4.78 is 32.9. The second kappa shape index (κ2) is 2.79. The minimum absolute atomic E-state index is 0.206. The molecule has 0 radical (unpaired) electrons. The van der Waals surface area contributed by atoms with E-state index in [1.165, 1.54) is 24.3 Å². The molecule has 0 amide bonds.